The fraction of sp³-hybridized carbons (Fsp3) is 0.571. The Morgan fingerprint density at radius 2 is 2.00 bits per heavy atom. The molecule has 0 spiro atoms. The Kier molecular flexibility index (Phi) is 5.41. The molecule has 0 aromatic heterocycles. The van der Waals surface area contributed by atoms with Gasteiger partial charge in [-0.2, -0.15) is 0 Å². The molecule has 0 aliphatic carbocycles. The van der Waals surface area contributed by atoms with Gasteiger partial charge in [0.15, 0.2) is 0 Å². The summed E-state index contributed by atoms with van der Waals surface area (Å²) >= 11 is 0. The summed E-state index contributed by atoms with van der Waals surface area (Å²) in [6, 6.07) is 8.81. The van der Waals surface area contributed by atoms with Gasteiger partial charge in [-0.15, -0.1) is 0 Å². The van der Waals surface area contributed by atoms with Crippen molar-refractivity contribution in [3.63, 3.8) is 0 Å². The second kappa shape index (κ2) is 6.62. The molecule has 1 rings (SSSR count). The first-order valence-electron chi connectivity index (χ1n) is 5.96. The van der Waals surface area contributed by atoms with Crippen LogP contribution in [0.2, 0.25) is 0 Å². The summed E-state index contributed by atoms with van der Waals surface area (Å²) < 4.78 is 0. The van der Waals surface area contributed by atoms with Gasteiger partial charge in [-0.1, -0.05) is 43.2 Å². The third-order valence-corrected chi connectivity index (χ3v) is 2.76. The third-order valence-electron chi connectivity index (χ3n) is 2.76. The maximum absolute atomic E-state index is 2.42. The smallest absolute Gasteiger partial charge is 0.00188 e. The first-order chi connectivity index (χ1) is 7.22. The van der Waals surface area contributed by atoms with Crippen LogP contribution in [0.1, 0.15) is 30.9 Å². The molecular formula is C14H23N. The summed E-state index contributed by atoms with van der Waals surface area (Å²) in [5.74, 6) is 0. The predicted octanol–water partition coefficient (Wildman–Crippen LogP) is 3.27. The van der Waals surface area contributed by atoms with Gasteiger partial charge in [0, 0.05) is 6.54 Å². The van der Waals surface area contributed by atoms with E-state index in [1.165, 1.54) is 43.5 Å². The molecule has 0 saturated carbocycles. The lowest BCUT2D eigenvalue weighted by atomic mass is 10.1. The summed E-state index contributed by atoms with van der Waals surface area (Å²) in [6.45, 7) is 6.80. The van der Waals surface area contributed by atoms with Crippen molar-refractivity contribution in [3.05, 3.63) is 35.4 Å². The minimum Gasteiger partial charge on any atom is -0.306 e. The molecule has 0 fully saturated rings. The molecule has 84 valence electrons. The molecule has 1 heteroatoms. The van der Waals surface area contributed by atoms with Crippen LogP contribution in [0, 0.1) is 6.92 Å². The van der Waals surface area contributed by atoms with Crippen LogP contribution in [0.4, 0.5) is 0 Å². The number of aryl methyl sites for hydroxylation is 1. The van der Waals surface area contributed by atoms with Crippen molar-refractivity contribution in [1.82, 2.24) is 4.90 Å². The van der Waals surface area contributed by atoms with Gasteiger partial charge < -0.3 is 4.90 Å². The third kappa shape index (κ3) is 4.98. The molecule has 0 amide bonds. The van der Waals surface area contributed by atoms with E-state index in [2.05, 4.69) is 50.1 Å². The zero-order valence-electron chi connectivity index (χ0n) is 10.3. The van der Waals surface area contributed by atoms with E-state index < -0.39 is 0 Å². The molecule has 0 N–H and O–H groups in total. The Bertz CT molecular complexity index is 280. The molecule has 1 aromatic rings. The van der Waals surface area contributed by atoms with Gasteiger partial charge in [-0.25, -0.2) is 0 Å². The van der Waals surface area contributed by atoms with Crippen LogP contribution in [0.5, 0.6) is 0 Å². The number of likely N-dealkylation sites (N-methyl/N-ethyl adjacent to an activating group) is 1. The number of hydrogen-bond acceptors (Lipinski definition) is 1. The van der Waals surface area contributed by atoms with E-state index in [1.54, 1.807) is 0 Å². The summed E-state index contributed by atoms with van der Waals surface area (Å²) in [5.41, 5.74) is 2.82. The number of hydrogen-bond donors (Lipinski definition) is 0. The average Bonchev–Trinajstić information content (AvgIpc) is 2.23. The fourth-order valence-electron chi connectivity index (χ4n) is 1.73. The highest BCUT2D eigenvalue weighted by Gasteiger charge is 1.98. The highest BCUT2D eigenvalue weighted by molar-refractivity contribution is 5.22. The largest absolute Gasteiger partial charge is 0.306 e. The fourth-order valence-corrected chi connectivity index (χ4v) is 1.73. The van der Waals surface area contributed by atoms with Gasteiger partial charge in [-0.3, -0.25) is 0 Å². The van der Waals surface area contributed by atoms with Crippen LogP contribution in [0.15, 0.2) is 24.3 Å². The summed E-state index contributed by atoms with van der Waals surface area (Å²) in [5, 5.41) is 0. The van der Waals surface area contributed by atoms with E-state index in [1.807, 2.05) is 0 Å². The first-order valence-corrected chi connectivity index (χ1v) is 5.96. The number of unbranched alkanes of at least 4 members (excludes halogenated alkanes) is 1. The zero-order valence-corrected chi connectivity index (χ0v) is 10.3. The monoisotopic (exact) mass is 205 g/mol. The number of benzene rings is 1. The maximum Gasteiger partial charge on any atom is 0.00188 e. The lowest BCUT2D eigenvalue weighted by Gasteiger charge is -2.15. The van der Waals surface area contributed by atoms with Gasteiger partial charge in [-0.05, 0) is 38.9 Å². The van der Waals surface area contributed by atoms with Gasteiger partial charge >= 0.3 is 0 Å². The van der Waals surface area contributed by atoms with E-state index in [4.69, 9.17) is 0 Å². The van der Waals surface area contributed by atoms with E-state index in [-0.39, 0.29) is 0 Å². The summed E-state index contributed by atoms with van der Waals surface area (Å²) in [7, 11) is 2.21. The van der Waals surface area contributed by atoms with Gasteiger partial charge in [0.2, 0.25) is 0 Å². The quantitative estimate of drug-likeness (QED) is 0.689. The molecule has 0 atom stereocenters. The van der Waals surface area contributed by atoms with E-state index in [0.29, 0.717) is 0 Å². The topological polar surface area (TPSA) is 3.24 Å². The van der Waals surface area contributed by atoms with Crippen molar-refractivity contribution in [1.29, 1.82) is 0 Å². The van der Waals surface area contributed by atoms with Crippen molar-refractivity contribution in [2.24, 2.45) is 0 Å². The van der Waals surface area contributed by atoms with Gasteiger partial charge in [0.05, 0.1) is 0 Å². The molecule has 0 unspecified atom stereocenters. The molecule has 0 aliphatic heterocycles. The predicted molar refractivity (Wildman–Crippen MR) is 67.3 cm³/mol. The Morgan fingerprint density at radius 1 is 1.20 bits per heavy atom. The van der Waals surface area contributed by atoms with Crippen LogP contribution in [-0.2, 0) is 6.42 Å². The highest BCUT2D eigenvalue weighted by atomic mass is 15.1. The van der Waals surface area contributed by atoms with Crippen molar-refractivity contribution in [2.75, 3.05) is 20.1 Å². The number of nitrogens with zero attached hydrogens (tertiary/aromatic N) is 1. The Balaban J connectivity index is 2.30. The normalized spacial score (nSPS) is 10.9. The van der Waals surface area contributed by atoms with Crippen LogP contribution in [0.25, 0.3) is 0 Å². The standard InChI is InChI=1S/C14H23N/c1-4-5-10-15(3)11-9-14-8-6-7-13(2)12-14/h6-8,12H,4-5,9-11H2,1-3H3. The summed E-state index contributed by atoms with van der Waals surface area (Å²) in [6.07, 6.45) is 3.76. The first kappa shape index (κ1) is 12.3. The van der Waals surface area contributed by atoms with Crippen molar-refractivity contribution < 1.29 is 0 Å². The molecule has 15 heavy (non-hydrogen) atoms. The Hall–Kier alpha value is -0.820. The van der Waals surface area contributed by atoms with Crippen molar-refractivity contribution in [3.8, 4) is 0 Å². The molecule has 0 saturated heterocycles. The zero-order chi connectivity index (χ0) is 11.1. The van der Waals surface area contributed by atoms with Gasteiger partial charge in [0.25, 0.3) is 0 Å². The maximum atomic E-state index is 2.42. The van der Waals surface area contributed by atoms with Crippen LogP contribution < -0.4 is 0 Å². The molecular weight excluding hydrogens is 182 g/mol. The van der Waals surface area contributed by atoms with Crippen molar-refractivity contribution in [2.45, 2.75) is 33.1 Å². The molecule has 0 heterocycles. The van der Waals surface area contributed by atoms with E-state index in [9.17, 15) is 0 Å². The number of rotatable bonds is 6. The van der Waals surface area contributed by atoms with Crippen LogP contribution >= 0.6 is 0 Å². The second-order valence-electron chi connectivity index (χ2n) is 4.40. The lowest BCUT2D eigenvalue weighted by Crippen LogP contribution is -2.22. The van der Waals surface area contributed by atoms with Crippen molar-refractivity contribution >= 4 is 0 Å². The van der Waals surface area contributed by atoms with Gasteiger partial charge in [0.1, 0.15) is 0 Å². The van der Waals surface area contributed by atoms with E-state index in [0.717, 1.165) is 0 Å². The van der Waals surface area contributed by atoms with Crippen LogP contribution in [0.3, 0.4) is 0 Å². The Morgan fingerprint density at radius 3 is 2.67 bits per heavy atom. The highest BCUT2D eigenvalue weighted by Crippen LogP contribution is 2.05. The minimum atomic E-state index is 1.17. The lowest BCUT2D eigenvalue weighted by molar-refractivity contribution is 0.332. The molecule has 0 radical (unpaired) electrons. The average molecular weight is 205 g/mol. The SMILES string of the molecule is CCCCN(C)CCc1cccc(C)c1. The molecule has 0 aliphatic rings. The molecule has 1 nitrogen and oxygen atoms in total. The van der Waals surface area contributed by atoms with Crippen LogP contribution in [-0.4, -0.2) is 25.0 Å². The second-order valence-corrected chi connectivity index (χ2v) is 4.40. The summed E-state index contributed by atoms with van der Waals surface area (Å²) in [4.78, 5) is 2.42. The molecule has 0 bridgehead atoms. The minimum absolute atomic E-state index is 1.17. The Labute approximate surface area is 94.1 Å². The molecule has 1 aromatic carbocycles. The van der Waals surface area contributed by atoms with E-state index >= 15 is 0 Å².